The Bertz CT molecular complexity index is 856. The first-order valence-electron chi connectivity index (χ1n) is 12.6. The van der Waals surface area contributed by atoms with Crippen LogP contribution in [-0.2, 0) is 13.1 Å². The van der Waals surface area contributed by atoms with Crippen LogP contribution in [0.3, 0.4) is 0 Å². The summed E-state index contributed by atoms with van der Waals surface area (Å²) in [4.78, 5) is 14.0. The summed E-state index contributed by atoms with van der Waals surface area (Å²) in [5.41, 5.74) is 3.92. The average molecular weight is 577 g/mol. The van der Waals surface area contributed by atoms with Gasteiger partial charge in [0.25, 0.3) is 0 Å². The topological polar surface area (TPSA) is 55.8 Å². The van der Waals surface area contributed by atoms with Gasteiger partial charge in [-0.1, -0.05) is 35.9 Å². The molecule has 0 radical (unpaired) electrons. The Kier molecular flexibility index (Phi) is 11.1. The third-order valence-electron chi connectivity index (χ3n) is 7.06. The molecule has 0 spiro atoms. The molecule has 34 heavy (non-hydrogen) atoms. The van der Waals surface area contributed by atoms with Gasteiger partial charge in [0.15, 0.2) is 5.96 Å². The number of rotatable bonds is 7. The van der Waals surface area contributed by atoms with Crippen LogP contribution in [0.2, 0.25) is 0 Å². The number of halogens is 1. The summed E-state index contributed by atoms with van der Waals surface area (Å²) < 4.78 is 0. The number of aromatic nitrogens is 1. The zero-order valence-corrected chi connectivity index (χ0v) is 23.1. The SMILES string of the molecule is CN=C(NCC1CCN(Cc2ccc(C)cc2)CC1)NC1CCN(Cc2ccccn2)CC1.I. The fraction of sp³-hybridized carbons (Fsp3) is 0.556. The van der Waals surface area contributed by atoms with E-state index in [1.807, 2.05) is 19.3 Å². The Balaban J connectivity index is 0.00000324. The zero-order valence-electron chi connectivity index (χ0n) is 20.7. The second-order valence-electron chi connectivity index (χ2n) is 9.67. The van der Waals surface area contributed by atoms with Gasteiger partial charge in [0.2, 0.25) is 0 Å². The molecular formula is C27H41IN6. The number of piperidine rings is 2. The summed E-state index contributed by atoms with van der Waals surface area (Å²) in [5.74, 6) is 1.68. The largest absolute Gasteiger partial charge is 0.356 e. The maximum Gasteiger partial charge on any atom is 0.191 e. The van der Waals surface area contributed by atoms with E-state index < -0.39 is 0 Å². The molecule has 6 nitrogen and oxygen atoms in total. The molecule has 0 atom stereocenters. The molecule has 7 heteroatoms. The molecule has 1 aromatic carbocycles. The Morgan fingerprint density at radius 1 is 0.941 bits per heavy atom. The van der Waals surface area contributed by atoms with E-state index in [0.717, 1.165) is 63.1 Å². The Morgan fingerprint density at radius 2 is 1.62 bits per heavy atom. The number of pyridine rings is 1. The standard InChI is InChI=1S/C27H40N6.HI/c1-22-6-8-24(9-7-22)20-32-15-10-23(11-16-32)19-30-27(28-2)31-25-12-17-33(18-13-25)21-26-5-3-4-14-29-26;/h3-9,14,23,25H,10-13,15-21H2,1-2H3,(H2,28,30,31);1H. The molecule has 2 aliphatic rings. The number of hydrogen-bond donors (Lipinski definition) is 2. The van der Waals surface area contributed by atoms with E-state index in [1.165, 1.54) is 37.1 Å². The highest BCUT2D eigenvalue weighted by Gasteiger charge is 2.22. The highest BCUT2D eigenvalue weighted by atomic mass is 127. The van der Waals surface area contributed by atoms with Crippen LogP contribution in [-0.4, -0.2) is 66.6 Å². The van der Waals surface area contributed by atoms with Crippen LogP contribution < -0.4 is 10.6 Å². The Labute approximate surface area is 222 Å². The smallest absolute Gasteiger partial charge is 0.191 e. The molecule has 0 unspecified atom stereocenters. The number of nitrogens with zero attached hydrogens (tertiary/aromatic N) is 4. The molecule has 186 valence electrons. The van der Waals surface area contributed by atoms with Crippen LogP contribution in [0.15, 0.2) is 53.7 Å². The first-order chi connectivity index (χ1) is 16.2. The zero-order chi connectivity index (χ0) is 22.9. The molecular weight excluding hydrogens is 535 g/mol. The van der Waals surface area contributed by atoms with Crippen molar-refractivity contribution in [2.75, 3.05) is 39.8 Å². The fourth-order valence-corrected chi connectivity index (χ4v) is 4.89. The monoisotopic (exact) mass is 576 g/mol. The summed E-state index contributed by atoms with van der Waals surface area (Å²) in [5, 5.41) is 7.27. The van der Waals surface area contributed by atoms with Crippen molar-refractivity contribution in [1.82, 2.24) is 25.4 Å². The minimum atomic E-state index is 0. The van der Waals surface area contributed by atoms with Crippen LogP contribution in [0, 0.1) is 12.8 Å². The lowest BCUT2D eigenvalue weighted by atomic mass is 9.96. The van der Waals surface area contributed by atoms with Crippen LogP contribution in [0.5, 0.6) is 0 Å². The van der Waals surface area contributed by atoms with Crippen molar-refractivity contribution in [1.29, 1.82) is 0 Å². The maximum absolute atomic E-state index is 4.49. The summed E-state index contributed by atoms with van der Waals surface area (Å²) in [7, 11) is 1.88. The average Bonchev–Trinajstić information content (AvgIpc) is 2.86. The Hall–Kier alpha value is -1.71. The lowest BCUT2D eigenvalue weighted by Gasteiger charge is -2.34. The summed E-state index contributed by atoms with van der Waals surface area (Å²) >= 11 is 0. The van der Waals surface area contributed by atoms with Gasteiger partial charge in [-0.25, -0.2) is 0 Å². The fourth-order valence-electron chi connectivity index (χ4n) is 4.89. The van der Waals surface area contributed by atoms with E-state index in [4.69, 9.17) is 0 Å². The highest BCUT2D eigenvalue weighted by Crippen LogP contribution is 2.19. The normalized spacial score (nSPS) is 18.9. The summed E-state index contributed by atoms with van der Waals surface area (Å²) in [6.45, 7) is 9.75. The molecule has 2 fully saturated rings. The lowest BCUT2D eigenvalue weighted by Crippen LogP contribution is -2.49. The van der Waals surface area contributed by atoms with Gasteiger partial charge in [-0.2, -0.15) is 0 Å². The van der Waals surface area contributed by atoms with E-state index in [9.17, 15) is 0 Å². The predicted octanol–water partition coefficient (Wildman–Crippen LogP) is 4.05. The second-order valence-corrected chi connectivity index (χ2v) is 9.67. The molecule has 2 aromatic rings. The minimum absolute atomic E-state index is 0. The van der Waals surface area contributed by atoms with Gasteiger partial charge in [-0.15, -0.1) is 24.0 Å². The molecule has 2 saturated heterocycles. The molecule has 2 N–H and O–H groups in total. The third-order valence-corrected chi connectivity index (χ3v) is 7.06. The number of aliphatic imine (C=N–C) groups is 1. The van der Waals surface area contributed by atoms with Gasteiger partial charge in [0.05, 0.1) is 5.69 Å². The highest BCUT2D eigenvalue weighted by molar-refractivity contribution is 14.0. The lowest BCUT2D eigenvalue weighted by molar-refractivity contribution is 0.177. The van der Waals surface area contributed by atoms with Gasteiger partial charge in [-0.05, 0) is 69.3 Å². The molecule has 0 amide bonds. The van der Waals surface area contributed by atoms with Gasteiger partial charge in [0, 0.05) is 52.0 Å². The van der Waals surface area contributed by atoms with E-state index >= 15 is 0 Å². The Morgan fingerprint density at radius 3 is 2.26 bits per heavy atom. The molecule has 3 heterocycles. The van der Waals surface area contributed by atoms with Crippen molar-refractivity contribution in [3.05, 3.63) is 65.5 Å². The van der Waals surface area contributed by atoms with E-state index in [0.29, 0.717) is 6.04 Å². The molecule has 2 aliphatic heterocycles. The molecule has 1 aromatic heterocycles. The number of likely N-dealkylation sites (tertiary alicyclic amines) is 2. The summed E-state index contributed by atoms with van der Waals surface area (Å²) in [6.07, 6.45) is 6.67. The van der Waals surface area contributed by atoms with Crippen molar-refractivity contribution in [2.45, 2.75) is 51.7 Å². The first-order valence-corrected chi connectivity index (χ1v) is 12.6. The van der Waals surface area contributed by atoms with Crippen LogP contribution in [0.1, 0.15) is 42.5 Å². The first kappa shape index (κ1) is 26.9. The van der Waals surface area contributed by atoms with Crippen molar-refractivity contribution in [3.63, 3.8) is 0 Å². The number of hydrogen-bond acceptors (Lipinski definition) is 4. The molecule has 0 bridgehead atoms. The van der Waals surface area contributed by atoms with Crippen molar-refractivity contribution >= 4 is 29.9 Å². The van der Waals surface area contributed by atoms with Crippen molar-refractivity contribution < 1.29 is 0 Å². The molecule has 0 aliphatic carbocycles. The van der Waals surface area contributed by atoms with Gasteiger partial charge >= 0.3 is 0 Å². The number of nitrogens with one attached hydrogen (secondary N) is 2. The second kappa shape index (κ2) is 14.0. The molecule has 0 saturated carbocycles. The van der Waals surface area contributed by atoms with Crippen LogP contribution in [0.4, 0.5) is 0 Å². The van der Waals surface area contributed by atoms with Crippen LogP contribution in [0.25, 0.3) is 0 Å². The van der Waals surface area contributed by atoms with Gasteiger partial charge in [0.1, 0.15) is 0 Å². The number of guanidine groups is 1. The van der Waals surface area contributed by atoms with Crippen molar-refractivity contribution in [2.24, 2.45) is 10.9 Å². The quantitative estimate of drug-likeness (QED) is 0.296. The maximum atomic E-state index is 4.49. The summed E-state index contributed by atoms with van der Waals surface area (Å²) in [6, 6.07) is 15.6. The van der Waals surface area contributed by atoms with Crippen molar-refractivity contribution in [3.8, 4) is 0 Å². The van der Waals surface area contributed by atoms with E-state index in [1.54, 1.807) is 0 Å². The van der Waals surface area contributed by atoms with Gasteiger partial charge in [-0.3, -0.25) is 19.8 Å². The van der Waals surface area contributed by atoms with Gasteiger partial charge < -0.3 is 10.6 Å². The van der Waals surface area contributed by atoms with Crippen LogP contribution >= 0.6 is 24.0 Å². The van der Waals surface area contributed by atoms with E-state index in [2.05, 4.69) is 73.7 Å². The van der Waals surface area contributed by atoms with E-state index in [-0.39, 0.29) is 24.0 Å². The minimum Gasteiger partial charge on any atom is -0.356 e. The predicted molar refractivity (Wildman–Crippen MR) is 152 cm³/mol. The third kappa shape index (κ3) is 8.50. The molecule has 4 rings (SSSR count). The number of aryl methyl sites for hydroxylation is 1. The number of benzene rings is 1.